The summed E-state index contributed by atoms with van der Waals surface area (Å²) in [5.74, 6) is 0.241. The number of hydrogen-bond donors (Lipinski definition) is 1. The van der Waals surface area contributed by atoms with Gasteiger partial charge in [0.05, 0.1) is 5.56 Å². The van der Waals surface area contributed by atoms with Crippen LogP contribution in [0.4, 0.5) is 5.82 Å². The number of aromatic nitrogens is 2. The van der Waals surface area contributed by atoms with E-state index in [0.717, 1.165) is 11.1 Å². The van der Waals surface area contributed by atoms with Crippen molar-refractivity contribution in [3.8, 4) is 0 Å². The third-order valence-electron chi connectivity index (χ3n) is 3.93. The van der Waals surface area contributed by atoms with Gasteiger partial charge >= 0.3 is 0 Å². The summed E-state index contributed by atoms with van der Waals surface area (Å²) in [6.45, 7) is 2.00. The van der Waals surface area contributed by atoms with Crippen LogP contribution in [-0.2, 0) is 11.8 Å². The van der Waals surface area contributed by atoms with Gasteiger partial charge in [-0.2, -0.15) is 4.98 Å². The number of carbonyl (C=O) groups is 1. The molecule has 1 amide bonds. The Labute approximate surface area is 132 Å². The molecule has 1 aromatic carbocycles. The van der Waals surface area contributed by atoms with Gasteiger partial charge in [-0.05, 0) is 18.7 Å². The zero-order valence-electron chi connectivity index (χ0n) is 12.7. The van der Waals surface area contributed by atoms with E-state index in [2.05, 4.69) is 10.3 Å². The van der Waals surface area contributed by atoms with E-state index >= 15 is 0 Å². The highest BCUT2D eigenvalue weighted by molar-refractivity contribution is 7.98. The van der Waals surface area contributed by atoms with E-state index in [1.165, 1.54) is 11.8 Å². The van der Waals surface area contributed by atoms with E-state index in [1.807, 2.05) is 44.5 Å². The largest absolute Gasteiger partial charge is 0.312 e. The summed E-state index contributed by atoms with van der Waals surface area (Å²) < 4.78 is 1.78. The van der Waals surface area contributed by atoms with E-state index in [-0.39, 0.29) is 23.8 Å². The zero-order chi connectivity index (χ0) is 15.9. The average molecular weight is 315 g/mol. The lowest BCUT2D eigenvalue weighted by Crippen LogP contribution is -2.33. The summed E-state index contributed by atoms with van der Waals surface area (Å²) in [6, 6.07) is 7.93. The van der Waals surface area contributed by atoms with Crippen molar-refractivity contribution in [2.75, 3.05) is 11.6 Å². The fourth-order valence-electron chi connectivity index (χ4n) is 2.89. The standard InChI is InChI=1S/C16H17N3O2S/c1-9-5-4-6-10(7-9)11-8-12(20)17-14-13(11)15(21)18-16(22-3)19(14)2/h4-7,11H,8H2,1-3H3,(H,17,20)/t11-/m1/s1. The van der Waals surface area contributed by atoms with Crippen molar-refractivity contribution >= 4 is 23.5 Å². The van der Waals surface area contributed by atoms with E-state index in [4.69, 9.17) is 0 Å². The van der Waals surface area contributed by atoms with Crippen molar-refractivity contribution in [2.45, 2.75) is 24.4 Å². The Morgan fingerprint density at radius 2 is 2.14 bits per heavy atom. The Kier molecular flexibility index (Phi) is 3.78. The molecule has 0 bridgehead atoms. The Morgan fingerprint density at radius 3 is 2.82 bits per heavy atom. The van der Waals surface area contributed by atoms with E-state index in [0.29, 0.717) is 16.5 Å². The molecule has 1 aromatic heterocycles. The van der Waals surface area contributed by atoms with Gasteiger partial charge in [0.25, 0.3) is 5.56 Å². The van der Waals surface area contributed by atoms with Crippen molar-refractivity contribution in [3.05, 3.63) is 51.3 Å². The zero-order valence-corrected chi connectivity index (χ0v) is 13.5. The molecule has 0 saturated carbocycles. The second-order valence-corrected chi connectivity index (χ2v) is 6.22. The van der Waals surface area contributed by atoms with Crippen LogP contribution in [0.5, 0.6) is 0 Å². The Hall–Kier alpha value is -2.08. The number of rotatable bonds is 2. The number of amides is 1. The van der Waals surface area contributed by atoms with Crippen LogP contribution in [-0.4, -0.2) is 21.7 Å². The van der Waals surface area contributed by atoms with E-state index in [9.17, 15) is 9.59 Å². The van der Waals surface area contributed by atoms with Crippen LogP contribution in [0.15, 0.2) is 34.2 Å². The highest BCUT2D eigenvalue weighted by Gasteiger charge is 2.31. The fraction of sp³-hybridized carbons (Fsp3) is 0.312. The quantitative estimate of drug-likeness (QED) is 0.682. The molecule has 6 heteroatoms. The molecular weight excluding hydrogens is 298 g/mol. The molecule has 0 saturated heterocycles. The maximum Gasteiger partial charge on any atom is 0.279 e. The van der Waals surface area contributed by atoms with Crippen LogP contribution < -0.4 is 10.9 Å². The van der Waals surface area contributed by atoms with Gasteiger partial charge < -0.3 is 9.88 Å². The predicted molar refractivity (Wildman–Crippen MR) is 87.5 cm³/mol. The molecule has 1 aliphatic rings. The summed E-state index contributed by atoms with van der Waals surface area (Å²) in [5, 5.41) is 3.42. The lowest BCUT2D eigenvalue weighted by Gasteiger charge is -2.27. The van der Waals surface area contributed by atoms with Crippen LogP contribution in [0.2, 0.25) is 0 Å². The summed E-state index contributed by atoms with van der Waals surface area (Å²) >= 11 is 1.38. The van der Waals surface area contributed by atoms with Crippen LogP contribution in [0, 0.1) is 6.92 Å². The normalized spacial score (nSPS) is 17.0. The van der Waals surface area contributed by atoms with Crippen LogP contribution in [0.25, 0.3) is 0 Å². The summed E-state index contributed by atoms with van der Waals surface area (Å²) in [7, 11) is 1.82. The summed E-state index contributed by atoms with van der Waals surface area (Å²) in [4.78, 5) is 28.7. The number of nitrogens with zero attached hydrogens (tertiary/aromatic N) is 2. The third-order valence-corrected chi connectivity index (χ3v) is 4.66. The molecular formula is C16H17N3O2S. The molecule has 2 heterocycles. The number of benzene rings is 1. The maximum absolute atomic E-state index is 12.5. The van der Waals surface area contributed by atoms with Gasteiger partial charge in [0.1, 0.15) is 5.82 Å². The second-order valence-electron chi connectivity index (χ2n) is 5.44. The minimum absolute atomic E-state index is 0.0766. The number of aryl methyl sites for hydroxylation is 1. The van der Waals surface area contributed by atoms with Crippen molar-refractivity contribution in [1.29, 1.82) is 0 Å². The van der Waals surface area contributed by atoms with E-state index in [1.54, 1.807) is 4.57 Å². The highest BCUT2D eigenvalue weighted by atomic mass is 32.2. The van der Waals surface area contributed by atoms with Gasteiger partial charge in [0.2, 0.25) is 5.91 Å². The van der Waals surface area contributed by atoms with Gasteiger partial charge in [-0.25, -0.2) is 0 Å². The number of thioether (sulfide) groups is 1. The number of carbonyl (C=O) groups excluding carboxylic acids is 1. The molecule has 0 aliphatic carbocycles. The van der Waals surface area contributed by atoms with Gasteiger partial charge in [0.15, 0.2) is 5.16 Å². The first-order chi connectivity index (χ1) is 10.5. The molecule has 0 spiro atoms. The van der Waals surface area contributed by atoms with Crippen molar-refractivity contribution < 1.29 is 4.79 Å². The van der Waals surface area contributed by atoms with Gasteiger partial charge in [0, 0.05) is 19.4 Å². The summed E-state index contributed by atoms with van der Waals surface area (Å²) in [6.07, 6.45) is 2.13. The molecule has 5 nitrogen and oxygen atoms in total. The first-order valence-corrected chi connectivity index (χ1v) is 8.25. The SMILES string of the molecule is CSc1nc(=O)c2c(n1C)NC(=O)C[C@@H]2c1cccc(C)c1. The van der Waals surface area contributed by atoms with Crippen LogP contribution >= 0.6 is 11.8 Å². The number of fused-ring (bicyclic) bond motifs is 1. The molecule has 1 aliphatic heterocycles. The molecule has 1 atom stereocenters. The second kappa shape index (κ2) is 5.61. The van der Waals surface area contributed by atoms with Crippen LogP contribution in [0.3, 0.4) is 0 Å². The minimum atomic E-state index is -0.260. The first kappa shape index (κ1) is 14.8. The van der Waals surface area contributed by atoms with Crippen molar-refractivity contribution in [2.24, 2.45) is 7.05 Å². The van der Waals surface area contributed by atoms with Crippen molar-refractivity contribution in [1.82, 2.24) is 9.55 Å². The third kappa shape index (κ3) is 2.43. The highest BCUT2D eigenvalue weighted by Crippen LogP contribution is 2.35. The van der Waals surface area contributed by atoms with Crippen molar-refractivity contribution in [3.63, 3.8) is 0 Å². The lowest BCUT2D eigenvalue weighted by molar-refractivity contribution is -0.116. The molecule has 0 radical (unpaired) electrons. The lowest BCUT2D eigenvalue weighted by atomic mass is 9.86. The number of anilines is 1. The minimum Gasteiger partial charge on any atom is -0.312 e. The Morgan fingerprint density at radius 1 is 1.36 bits per heavy atom. The molecule has 1 N–H and O–H groups in total. The number of hydrogen-bond acceptors (Lipinski definition) is 4. The fourth-order valence-corrected chi connectivity index (χ4v) is 3.43. The monoisotopic (exact) mass is 315 g/mol. The van der Waals surface area contributed by atoms with Gasteiger partial charge in [-0.15, -0.1) is 0 Å². The average Bonchev–Trinajstić information content (AvgIpc) is 2.50. The molecule has 0 unspecified atom stereocenters. The molecule has 2 aromatic rings. The maximum atomic E-state index is 12.5. The molecule has 22 heavy (non-hydrogen) atoms. The first-order valence-electron chi connectivity index (χ1n) is 7.02. The van der Waals surface area contributed by atoms with E-state index < -0.39 is 0 Å². The van der Waals surface area contributed by atoms with Gasteiger partial charge in [-0.3, -0.25) is 9.59 Å². The summed E-state index contributed by atoms with van der Waals surface area (Å²) in [5.41, 5.74) is 2.40. The molecule has 3 rings (SSSR count). The van der Waals surface area contributed by atoms with Crippen LogP contribution in [0.1, 0.15) is 29.0 Å². The number of nitrogens with one attached hydrogen (secondary N) is 1. The Bertz CT molecular complexity index is 814. The molecule has 0 fully saturated rings. The van der Waals surface area contributed by atoms with Gasteiger partial charge in [-0.1, -0.05) is 41.6 Å². The Balaban J connectivity index is 2.24. The topological polar surface area (TPSA) is 64.0 Å². The molecule has 114 valence electrons. The predicted octanol–water partition coefficient (Wildman–Crippen LogP) is 2.28. The smallest absolute Gasteiger partial charge is 0.279 e.